The van der Waals surface area contributed by atoms with Gasteiger partial charge in [-0.3, -0.25) is 0 Å². The summed E-state index contributed by atoms with van der Waals surface area (Å²) in [5.74, 6) is -0.202. The zero-order valence-corrected chi connectivity index (χ0v) is 16.4. The van der Waals surface area contributed by atoms with Crippen molar-refractivity contribution in [2.45, 2.75) is 58.5 Å². The van der Waals surface area contributed by atoms with Crippen LogP contribution < -0.4 is 0 Å². The summed E-state index contributed by atoms with van der Waals surface area (Å²) in [5.41, 5.74) is 1.06. The molecular formula is C14H27NO2SSi2. The van der Waals surface area contributed by atoms with Gasteiger partial charge in [-0.15, -0.1) is 0 Å². The average Bonchev–Trinajstić information content (AvgIpc) is 2.53. The van der Waals surface area contributed by atoms with Crippen molar-refractivity contribution < 1.29 is 9.22 Å². The Morgan fingerprint density at radius 3 is 2.40 bits per heavy atom. The Labute approximate surface area is 130 Å². The fraction of sp³-hybridized carbons (Fsp3) is 0.714. The normalized spacial score (nSPS) is 19.1. The lowest BCUT2D eigenvalue weighted by Gasteiger charge is -2.34. The van der Waals surface area contributed by atoms with Crippen molar-refractivity contribution >= 4 is 39.6 Å². The molecule has 0 saturated carbocycles. The number of rotatable bonds is 5. The topological polar surface area (TPSA) is 29.5 Å². The third-order valence-corrected chi connectivity index (χ3v) is 7.88. The Morgan fingerprint density at radius 1 is 1.40 bits per heavy atom. The van der Waals surface area contributed by atoms with E-state index in [0.29, 0.717) is 6.42 Å². The molecule has 0 amide bonds. The average molecular weight is 330 g/mol. The third-order valence-electron chi connectivity index (χ3n) is 3.37. The maximum atomic E-state index is 12.1. The number of allylic oxidation sites excluding steroid dienone is 1. The Morgan fingerprint density at radius 2 is 2.00 bits per heavy atom. The second-order valence-electron chi connectivity index (χ2n) is 7.12. The van der Waals surface area contributed by atoms with E-state index in [1.807, 2.05) is 26.6 Å². The highest BCUT2D eigenvalue weighted by molar-refractivity contribution is 7.80. The number of carbonyl (C=O) groups excluding carboxylic acids is 1. The van der Waals surface area contributed by atoms with Crippen LogP contribution in [0, 0.1) is 0 Å². The molecule has 114 valence electrons. The predicted octanol–water partition coefficient (Wildman–Crippen LogP) is 3.94. The van der Waals surface area contributed by atoms with Gasteiger partial charge in [-0.1, -0.05) is 25.3 Å². The first-order chi connectivity index (χ1) is 9.01. The first-order valence-corrected chi connectivity index (χ1v) is 14.2. The van der Waals surface area contributed by atoms with Gasteiger partial charge in [0.15, 0.2) is 0 Å². The SMILES string of the molecule is CC(=S)CC(=CC(=O)O[Si](C)(C)C)N1CCC[Si]1(C)C. The first kappa shape index (κ1) is 17.6. The summed E-state index contributed by atoms with van der Waals surface area (Å²) < 4.78 is 8.00. The smallest absolute Gasteiger partial charge is 0.319 e. The fourth-order valence-electron chi connectivity index (χ4n) is 2.59. The van der Waals surface area contributed by atoms with E-state index in [2.05, 4.69) is 17.7 Å². The molecule has 20 heavy (non-hydrogen) atoms. The zero-order valence-electron chi connectivity index (χ0n) is 13.6. The van der Waals surface area contributed by atoms with E-state index in [4.69, 9.17) is 16.6 Å². The summed E-state index contributed by atoms with van der Waals surface area (Å²) in [4.78, 5) is 13.0. The monoisotopic (exact) mass is 329 g/mol. The van der Waals surface area contributed by atoms with Crippen molar-refractivity contribution in [3.05, 3.63) is 11.8 Å². The highest BCUT2D eigenvalue weighted by Crippen LogP contribution is 2.31. The molecule has 6 heteroatoms. The first-order valence-electron chi connectivity index (χ1n) is 7.22. The highest BCUT2D eigenvalue weighted by atomic mass is 32.1. The second-order valence-corrected chi connectivity index (χ2v) is 16.9. The molecule has 0 aromatic heterocycles. The van der Waals surface area contributed by atoms with Crippen LogP contribution in [-0.2, 0) is 9.22 Å². The largest absolute Gasteiger partial charge is 0.517 e. The van der Waals surface area contributed by atoms with Gasteiger partial charge in [0.1, 0.15) is 8.24 Å². The summed E-state index contributed by atoms with van der Waals surface area (Å²) in [6.45, 7) is 13.8. The van der Waals surface area contributed by atoms with E-state index in [1.165, 1.54) is 12.5 Å². The van der Waals surface area contributed by atoms with Gasteiger partial charge in [0.25, 0.3) is 0 Å². The minimum atomic E-state index is -1.84. The van der Waals surface area contributed by atoms with Gasteiger partial charge >= 0.3 is 5.97 Å². The highest BCUT2D eigenvalue weighted by Gasteiger charge is 2.36. The van der Waals surface area contributed by atoms with Gasteiger partial charge < -0.3 is 8.99 Å². The van der Waals surface area contributed by atoms with Crippen LogP contribution in [-0.4, -0.2) is 38.5 Å². The molecule has 0 unspecified atom stereocenters. The van der Waals surface area contributed by atoms with Crippen molar-refractivity contribution in [2.75, 3.05) is 6.54 Å². The van der Waals surface area contributed by atoms with Crippen molar-refractivity contribution in [1.82, 2.24) is 4.57 Å². The van der Waals surface area contributed by atoms with Gasteiger partial charge in [0.2, 0.25) is 8.32 Å². The van der Waals surface area contributed by atoms with E-state index in [9.17, 15) is 4.79 Å². The summed E-state index contributed by atoms with van der Waals surface area (Å²) in [7, 11) is -3.25. The summed E-state index contributed by atoms with van der Waals surface area (Å²) >= 11 is 5.25. The summed E-state index contributed by atoms with van der Waals surface area (Å²) in [6.07, 6.45) is 3.61. The lowest BCUT2D eigenvalue weighted by molar-refractivity contribution is -0.129. The molecule has 0 aromatic rings. The molecule has 0 aromatic carbocycles. The van der Waals surface area contributed by atoms with Gasteiger partial charge in [0.05, 0.1) is 0 Å². The Balaban J connectivity index is 2.95. The number of hydrogen-bond donors (Lipinski definition) is 0. The van der Waals surface area contributed by atoms with E-state index in [0.717, 1.165) is 17.1 Å². The standard InChI is InChI=1S/C14H27NO2SSi2/c1-12(18)10-13(11-14(16)17-19(2,3)4)15-8-7-9-20(15,5)6/h11H,7-10H2,1-6H3. The van der Waals surface area contributed by atoms with Crippen molar-refractivity contribution in [3.8, 4) is 0 Å². The van der Waals surface area contributed by atoms with E-state index in [-0.39, 0.29) is 5.97 Å². The molecule has 1 saturated heterocycles. The van der Waals surface area contributed by atoms with Crippen molar-refractivity contribution in [2.24, 2.45) is 0 Å². The molecule has 0 aliphatic carbocycles. The van der Waals surface area contributed by atoms with Crippen molar-refractivity contribution in [1.29, 1.82) is 0 Å². The summed E-state index contributed by atoms with van der Waals surface area (Å²) in [5, 5.41) is 0. The maximum absolute atomic E-state index is 12.1. The number of thiocarbonyl (C=S) groups is 1. The molecule has 1 fully saturated rings. The van der Waals surface area contributed by atoms with Gasteiger partial charge in [-0.05, 0) is 43.9 Å². The van der Waals surface area contributed by atoms with Crippen LogP contribution in [0.5, 0.6) is 0 Å². The minimum Gasteiger partial charge on any atom is -0.517 e. The minimum absolute atomic E-state index is 0.202. The van der Waals surface area contributed by atoms with Crippen LogP contribution in [0.15, 0.2) is 11.8 Å². The second kappa shape index (κ2) is 6.53. The van der Waals surface area contributed by atoms with Crippen LogP contribution in [0.2, 0.25) is 38.8 Å². The van der Waals surface area contributed by atoms with Gasteiger partial charge in [-0.25, -0.2) is 4.79 Å². The maximum Gasteiger partial charge on any atom is 0.319 e. The number of carbonyl (C=O) groups is 1. The third kappa shape index (κ3) is 5.50. The van der Waals surface area contributed by atoms with E-state index < -0.39 is 16.6 Å². The summed E-state index contributed by atoms with van der Waals surface area (Å²) in [6, 6.07) is 1.28. The van der Waals surface area contributed by atoms with Crippen LogP contribution in [0.3, 0.4) is 0 Å². The van der Waals surface area contributed by atoms with Crippen LogP contribution in [0.1, 0.15) is 19.8 Å². The molecular weight excluding hydrogens is 302 g/mol. The molecule has 0 atom stereocenters. The molecule has 1 aliphatic rings. The van der Waals surface area contributed by atoms with Crippen LogP contribution in [0.25, 0.3) is 0 Å². The Kier molecular flexibility index (Phi) is 5.74. The number of nitrogens with zero attached hydrogens (tertiary/aromatic N) is 1. The quantitative estimate of drug-likeness (QED) is 0.434. The molecule has 3 nitrogen and oxygen atoms in total. The van der Waals surface area contributed by atoms with Crippen molar-refractivity contribution in [3.63, 3.8) is 0 Å². The Bertz CT molecular complexity index is 427. The lowest BCUT2D eigenvalue weighted by Crippen LogP contribution is -2.43. The molecule has 0 N–H and O–H groups in total. The lowest BCUT2D eigenvalue weighted by atomic mass is 10.2. The van der Waals surface area contributed by atoms with E-state index in [1.54, 1.807) is 6.08 Å². The molecule has 1 heterocycles. The van der Waals surface area contributed by atoms with Gasteiger partial charge in [-0.2, -0.15) is 0 Å². The number of hydrogen-bond acceptors (Lipinski definition) is 4. The van der Waals surface area contributed by atoms with Crippen LogP contribution >= 0.6 is 12.2 Å². The van der Waals surface area contributed by atoms with E-state index >= 15 is 0 Å². The van der Waals surface area contributed by atoms with Gasteiger partial charge in [0, 0.05) is 24.7 Å². The molecule has 1 rings (SSSR count). The molecule has 0 spiro atoms. The zero-order chi connectivity index (χ0) is 15.6. The Hall–Kier alpha value is -0.466. The molecule has 0 radical (unpaired) electrons. The van der Waals surface area contributed by atoms with Crippen LogP contribution in [0.4, 0.5) is 0 Å². The molecule has 1 aliphatic heterocycles. The molecule has 0 bridgehead atoms. The fourth-order valence-corrected chi connectivity index (χ4v) is 6.37. The predicted molar refractivity (Wildman–Crippen MR) is 94.0 cm³/mol.